The third-order valence-corrected chi connectivity index (χ3v) is 6.68. The molecule has 0 saturated heterocycles. The maximum absolute atomic E-state index is 13.4. The van der Waals surface area contributed by atoms with Gasteiger partial charge in [-0.2, -0.15) is 0 Å². The molecule has 10 heteroatoms. The first-order valence-corrected chi connectivity index (χ1v) is 12.7. The Kier molecular flexibility index (Phi) is 9.25. The molecule has 2 aromatic rings. The zero-order valence-corrected chi connectivity index (χ0v) is 20.7. The highest BCUT2D eigenvalue weighted by atomic mass is 35.5. The highest BCUT2D eigenvalue weighted by Crippen LogP contribution is 2.27. The normalized spacial score (nSPS) is 13.2. The summed E-state index contributed by atoms with van der Waals surface area (Å²) in [5.74, 6) is -1.40. The minimum absolute atomic E-state index is 0.00563. The first kappa shape index (κ1) is 26.6. The number of benzene rings is 2. The highest BCUT2D eigenvalue weighted by molar-refractivity contribution is 7.92. The van der Waals surface area contributed by atoms with Crippen molar-refractivity contribution in [1.29, 1.82) is 0 Å². The molecule has 0 saturated carbocycles. The van der Waals surface area contributed by atoms with Gasteiger partial charge in [-0.05, 0) is 50.1 Å². The van der Waals surface area contributed by atoms with Crippen molar-refractivity contribution in [3.8, 4) is 0 Å². The van der Waals surface area contributed by atoms with Crippen LogP contribution in [0.3, 0.4) is 0 Å². The lowest BCUT2D eigenvalue weighted by molar-refractivity contribution is -0.139. The molecule has 0 bridgehead atoms. The molecule has 0 spiro atoms. The van der Waals surface area contributed by atoms with E-state index in [9.17, 15) is 22.4 Å². The number of anilines is 1. The molecule has 0 heterocycles. The van der Waals surface area contributed by atoms with Crippen LogP contribution in [0.15, 0.2) is 48.5 Å². The summed E-state index contributed by atoms with van der Waals surface area (Å²) < 4.78 is 39.3. The third-order valence-electron chi connectivity index (χ3n) is 5.23. The van der Waals surface area contributed by atoms with Crippen molar-refractivity contribution in [2.45, 2.75) is 45.8 Å². The van der Waals surface area contributed by atoms with Crippen molar-refractivity contribution >= 4 is 39.1 Å². The molecule has 0 aliphatic heterocycles. The van der Waals surface area contributed by atoms with Gasteiger partial charge in [-0.3, -0.25) is 13.9 Å². The lowest BCUT2D eigenvalue weighted by Crippen LogP contribution is -2.52. The summed E-state index contributed by atoms with van der Waals surface area (Å²) in [6.45, 7) is 4.78. The average molecular weight is 498 g/mol. The molecule has 7 nitrogen and oxygen atoms in total. The zero-order valence-electron chi connectivity index (χ0n) is 19.1. The molecule has 2 atom stereocenters. The predicted octanol–water partition coefficient (Wildman–Crippen LogP) is 3.58. The monoisotopic (exact) mass is 497 g/mol. The van der Waals surface area contributed by atoms with Crippen LogP contribution in [-0.2, 0) is 26.2 Å². The minimum Gasteiger partial charge on any atom is -0.352 e. The smallest absolute Gasteiger partial charge is 0.244 e. The van der Waals surface area contributed by atoms with E-state index in [0.717, 1.165) is 10.6 Å². The summed E-state index contributed by atoms with van der Waals surface area (Å²) in [5.41, 5.74) is 0.755. The second-order valence-corrected chi connectivity index (χ2v) is 10.2. The fourth-order valence-electron chi connectivity index (χ4n) is 3.08. The fraction of sp³-hybridized carbons (Fsp3) is 0.391. The summed E-state index contributed by atoms with van der Waals surface area (Å²) in [6, 6.07) is 10.8. The number of carbonyl (C=O) groups is 2. The highest BCUT2D eigenvalue weighted by Gasteiger charge is 2.31. The number of rotatable bonds is 10. The maximum atomic E-state index is 13.4. The quantitative estimate of drug-likeness (QED) is 0.543. The Morgan fingerprint density at radius 3 is 2.24 bits per heavy atom. The van der Waals surface area contributed by atoms with E-state index in [1.165, 1.54) is 41.3 Å². The van der Waals surface area contributed by atoms with Gasteiger partial charge >= 0.3 is 0 Å². The van der Waals surface area contributed by atoms with Gasteiger partial charge in [0.15, 0.2) is 0 Å². The van der Waals surface area contributed by atoms with Gasteiger partial charge < -0.3 is 10.2 Å². The Morgan fingerprint density at radius 1 is 1.09 bits per heavy atom. The van der Waals surface area contributed by atoms with Crippen LogP contribution in [0.1, 0.15) is 32.8 Å². The minimum atomic E-state index is -3.87. The van der Waals surface area contributed by atoms with Crippen molar-refractivity contribution in [2.24, 2.45) is 0 Å². The van der Waals surface area contributed by atoms with E-state index in [2.05, 4.69) is 5.32 Å². The van der Waals surface area contributed by atoms with E-state index < -0.39 is 34.3 Å². The topological polar surface area (TPSA) is 86.8 Å². The molecule has 0 unspecified atom stereocenters. The van der Waals surface area contributed by atoms with E-state index in [0.29, 0.717) is 12.0 Å². The van der Waals surface area contributed by atoms with Crippen LogP contribution in [-0.4, -0.2) is 50.0 Å². The van der Waals surface area contributed by atoms with E-state index in [1.807, 2.05) is 13.8 Å². The molecule has 0 aliphatic carbocycles. The van der Waals surface area contributed by atoms with Gasteiger partial charge in [-0.15, -0.1) is 0 Å². The average Bonchev–Trinajstić information content (AvgIpc) is 2.76. The lowest BCUT2D eigenvalue weighted by Gasteiger charge is -2.32. The second kappa shape index (κ2) is 11.5. The fourth-order valence-corrected chi connectivity index (χ4v) is 4.23. The molecule has 2 aromatic carbocycles. The molecule has 33 heavy (non-hydrogen) atoms. The van der Waals surface area contributed by atoms with Crippen molar-refractivity contribution in [1.82, 2.24) is 10.2 Å². The first-order chi connectivity index (χ1) is 15.4. The van der Waals surface area contributed by atoms with Crippen molar-refractivity contribution < 1.29 is 22.4 Å². The van der Waals surface area contributed by atoms with Crippen LogP contribution < -0.4 is 9.62 Å². The summed E-state index contributed by atoms with van der Waals surface area (Å²) >= 11 is 6.19. The molecule has 1 N–H and O–H groups in total. The Hall–Kier alpha value is -2.65. The lowest BCUT2D eigenvalue weighted by atomic mass is 10.1. The van der Waals surface area contributed by atoms with Crippen LogP contribution in [0.5, 0.6) is 0 Å². The Morgan fingerprint density at radius 2 is 1.70 bits per heavy atom. The van der Waals surface area contributed by atoms with E-state index in [1.54, 1.807) is 19.1 Å². The van der Waals surface area contributed by atoms with E-state index in [-0.39, 0.29) is 29.2 Å². The van der Waals surface area contributed by atoms with Crippen LogP contribution in [0.25, 0.3) is 0 Å². The van der Waals surface area contributed by atoms with Crippen molar-refractivity contribution in [3.63, 3.8) is 0 Å². The van der Waals surface area contributed by atoms with Gasteiger partial charge in [0, 0.05) is 12.6 Å². The predicted molar refractivity (Wildman–Crippen MR) is 128 cm³/mol. The number of hydrogen-bond acceptors (Lipinski definition) is 4. The van der Waals surface area contributed by atoms with Gasteiger partial charge in [-0.25, -0.2) is 12.8 Å². The molecule has 0 aliphatic rings. The molecular formula is C23H29ClFN3O4S. The van der Waals surface area contributed by atoms with Crippen molar-refractivity contribution in [3.05, 3.63) is 64.9 Å². The van der Waals surface area contributed by atoms with Gasteiger partial charge in [0.05, 0.1) is 17.0 Å². The van der Waals surface area contributed by atoms with Crippen LogP contribution in [0.2, 0.25) is 5.02 Å². The first-order valence-electron chi connectivity index (χ1n) is 10.5. The second-order valence-electron chi connectivity index (χ2n) is 7.86. The molecule has 0 fully saturated rings. The Bertz CT molecular complexity index is 1080. The Labute approximate surface area is 199 Å². The molecule has 0 aromatic heterocycles. The number of sulfonamides is 1. The Balaban J connectivity index is 2.39. The zero-order chi connectivity index (χ0) is 24.8. The standard InChI is InChI=1S/C23H29ClFN3O4S/c1-5-16(2)26-23(30)17(3)27(14-18-10-12-19(25)13-11-18)22(29)15-28(33(4,31)32)21-9-7-6-8-20(21)24/h6-13,16-17H,5,14-15H2,1-4H3,(H,26,30)/t16-,17+/m1/s1. The third kappa shape index (κ3) is 7.43. The molecule has 2 amide bonds. The summed E-state index contributed by atoms with van der Waals surface area (Å²) in [4.78, 5) is 27.4. The van der Waals surface area contributed by atoms with Crippen LogP contribution in [0, 0.1) is 5.82 Å². The summed E-state index contributed by atoms with van der Waals surface area (Å²) in [7, 11) is -3.87. The van der Waals surface area contributed by atoms with Crippen molar-refractivity contribution in [2.75, 3.05) is 17.1 Å². The summed E-state index contributed by atoms with van der Waals surface area (Å²) in [6.07, 6.45) is 1.69. The number of nitrogens with zero attached hydrogens (tertiary/aromatic N) is 2. The van der Waals surface area contributed by atoms with E-state index >= 15 is 0 Å². The van der Waals surface area contributed by atoms with Crippen LogP contribution in [0.4, 0.5) is 10.1 Å². The maximum Gasteiger partial charge on any atom is 0.244 e. The van der Waals surface area contributed by atoms with Crippen LogP contribution >= 0.6 is 11.6 Å². The van der Waals surface area contributed by atoms with Gasteiger partial charge in [0.25, 0.3) is 0 Å². The van der Waals surface area contributed by atoms with Gasteiger partial charge in [0.2, 0.25) is 21.8 Å². The largest absolute Gasteiger partial charge is 0.352 e. The molecular weight excluding hydrogens is 469 g/mol. The number of para-hydroxylation sites is 1. The molecule has 0 radical (unpaired) electrons. The van der Waals surface area contributed by atoms with E-state index in [4.69, 9.17) is 11.6 Å². The van der Waals surface area contributed by atoms with Gasteiger partial charge in [0.1, 0.15) is 18.4 Å². The number of halogens is 2. The molecule has 2 rings (SSSR count). The number of nitrogens with one attached hydrogen (secondary N) is 1. The molecule has 180 valence electrons. The number of amides is 2. The number of hydrogen-bond donors (Lipinski definition) is 1. The summed E-state index contributed by atoms with van der Waals surface area (Å²) in [5, 5.41) is 3.01. The van der Waals surface area contributed by atoms with Gasteiger partial charge in [-0.1, -0.05) is 42.8 Å². The SMILES string of the molecule is CC[C@@H](C)NC(=O)[C@H](C)N(Cc1ccc(F)cc1)C(=O)CN(c1ccccc1Cl)S(C)(=O)=O. The number of carbonyl (C=O) groups excluding carboxylic acids is 2.